The van der Waals surface area contributed by atoms with Gasteiger partial charge >= 0.3 is 5.97 Å². The Morgan fingerprint density at radius 2 is 2.00 bits per heavy atom. The number of ether oxygens (including phenoxy) is 1. The molecule has 0 bridgehead atoms. The van der Waals surface area contributed by atoms with Crippen LogP contribution in [-0.4, -0.2) is 30.7 Å². The van der Waals surface area contributed by atoms with Crippen molar-refractivity contribution in [2.75, 3.05) is 6.61 Å². The Morgan fingerprint density at radius 3 is 2.57 bits per heavy atom. The zero-order chi connectivity index (χ0) is 15.7. The highest BCUT2D eigenvalue weighted by molar-refractivity contribution is 5.83. The van der Waals surface area contributed by atoms with Crippen molar-refractivity contribution in [1.82, 2.24) is 5.32 Å². The molecule has 0 saturated carbocycles. The lowest BCUT2D eigenvalue weighted by atomic mass is 10.1. The van der Waals surface area contributed by atoms with E-state index in [4.69, 9.17) is 4.74 Å². The van der Waals surface area contributed by atoms with Crippen LogP contribution in [0.15, 0.2) is 30.3 Å². The molecule has 112 valence electrons. The first kappa shape index (κ1) is 16.7. The highest BCUT2D eigenvalue weighted by atomic mass is 19.1. The largest absolute Gasteiger partial charge is 0.464 e. The summed E-state index contributed by atoms with van der Waals surface area (Å²) in [5.41, 5.74) is 0.687. The van der Waals surface area contributed by atoms with Gasteiger partial charge in [0, 0.05) is 18.9 Å². The van der Waals surface area contributed by atoms with Crippen LogP contribution in [0.5, 0.6) is 0 Å². The van der Waals surface area contributed by atoms with Crippen molar-refractivity contribution >= 4 is 11.9 Å². The van der Waals surface area contributed by atoms with Crippen molar-refractivity contribution in [2.45, 2.75) is 32.5 Å². The van der Waals surface area contributed by atoms with Crippen LogP contribution in [0.3, 0.4) is 0 Å². The summed E-state index contributed by atoms with van der Waals surface area (Å²) in [5.74, 6) is 4.03. The first-order valence-electron chi connectivity index (χ1n) is 6.67. The zero-order valence-corrected chi connectivity index (χ0v) is 12.1. The van der Waals surface area contributed by atoms with E-state index in [1.54, 1.807) is 31.2 Å². The van der Waals surface area contributed by atoms with E-state index in [-0.39, 0.29) is 13.0 Å². The fourth-order valence-electron chi connectivity index (χ4n) is 1.65. The van der Waals surface area contributed by atoms with Gasteiger partial charge in [-0.25, -0.2) is 9.18 Å². The Bertz CT molecular complexity index is 533. The van der Waals surface area contributed by atoms with Crippen molar-refractivity contribution in [3.8, 4) is 11.8 Å². The van der Waals surface area contributed by atoms with Crippen LogP contribution in [-0.2, 0) is 14.3 Å². The van der Waals surface area contributed by atoms with Crippen LogP contribution in [0, 0.1) is 11.8 Å². The summed E-state index contributed by atoms with van der Waals surface area (Å²) in [5, 5.41) is 2.37. The number of halogens is 1. The predicted molar refractivity (Wildman–Crippen MR) is 77.1 cm³/mol. The highest BCUT2D eigenvalue weighted by Gasteiger charge is 2.24. The summed E-state index contributed by atoms with van der Waals surface area (Å²) in [4.78, 5) is 22.7. The lowest BCUT2D eigenvalue weighted by Gasteiger charge is -2.16. The van der Waals surface area contributed by atoms with Crippen molar-refractivity contribution < 1.29 is 18.7 Å². The first-order chi connectivity index (χ1) is 10.0. The third kappa shape index (κ3) is 6.57. The lowest BCUT2D eigenvalue weighted by molar-refractivity contribution is -0.147. The van der Waals surface area contributed by atoms with Crippen LogP contribution in [0.4, 0.5) is 4.39 Å². The molecule has 1 aromatic carbocycles. The summed E-state index contributed by atoms with van der Waals surface area (Å²) in [7, 11) is 0. The minimum Gasteiger partial charge on any atom is -0.464 e. The number of hydrogen-bond donors (Lipinski definition) is 1. The van der Waals surface area contributed by atoms with Gasteiger partial charge in [0.1, 0.15) is 6.04 Å². The molecule has 0 spiro atoms. The van der Waals surface area contributed by atoms with Gasteiger partial charge in [0.25, 0.3) is 0 Å². The molecule has 1 amide bonds. The molecule has 0 saturated heterocycles. The Morgan fingerprint density at radius 1 is 1.33 bits per heavy atom. The SMILES string of the molecule is CCOC(=O)[C@H](C[C@@H](F)C#Cc1ccccc1)NC(C)=O. The lowest BCUT2D eigenvalue weighted by Crippen LogP contribution is -2.42. The molecule has 0 aliphatic carbocycles. The molecule has 21 heavy (non-hydrogen) atoms. The van der Waals surface area contributed by atoms with E-state index in [1.807, 2.05) is 6.07 Å². The Hall–Kier alpha value is -2.35. The molecule has 5 heteroatoms. The summed E-state index contributed by atoms with van der Waals surface area (Å²) >= 11 is 0. The van der Waals surface area contributed by atoms with Gasteiger partial charge in [0.15, 0.2) is 6.17 Å². The van der Waals surface area contributed by atoms with Crippen LogP contribution in [0.1, 0.15) is 25.8 Å². The normalized spacial score (nSPS) is 12.5. The number of rotatable bonds is 5. The number of benzene rings is 1. The molecular formula is C16H18FNO3. The minimum absolute atomic E-state index is 0.168. The van der Waals surface area contributed by atoms with Crippen LogP contribution < -0.4 is 5.32 Å². The van der Waals surface area contributed by atoms with Gasteiger partial charge in [0.05, 0.1) is 6.61 Å². The molecule has 0 fully saturated rings. The van der Waals surface area contributed by atoms with Crippen LogP contribution in [0.25, 0.3) is 0 Å². The average Bonchev–Trinajstić information content (AvgIpc) is 2.45. The number of hydrogen-bond acceptors (Lipinski definition) is 3. The maximum Gasteiger partial charge on any atom is 0.328 e. The van der Waals surface area contributed by atoms with Gasteiger partial charge in [-0.05, 0) is 19.1 Å². The molecule has 2 atom stereocenters. The van der Waals surface area contributed by atoms with Crippen molar-refractivity contribution in [3.63, 3.8) is 0 Å². The summed E-state index contributed by atoms with van der Waals surface area (Å²) < 4.78 is 18.7. The van der Waals surface area contributed by atoms with Gasteiger partial charge < -0.3 is 10.1 Å². The Balaban J connectivity index is 2.67. The van der Waals surface area contributed by atoms with E-state index in [1.165, 1.54) is 6.92 Å². The fraction of sp³-hybridized carbons (Fsp3) is 0.375. The van der Waals surface area contributed by atoms with Crippen LogP contribution >= 0.6 is 0 Å². The number of esters is 1. The van der Waals surface area contributed by atoms with E-state index >= 15 is 0 Å². The Kier molecular flexibility index (Phi) is 6.96. The summed E-state index contributed by atoms with van der Waals surface area (Å²) in [6.45, 7) is 3.07. The second-order valence-corrected chi connectivity index (χ2v) is 4.34. The predicted octanol–water partition coefficient (Wildman–Crippen LogP) is 1.83. The molecular weight excluding hydrogens is 273 g/mol. The quantitative estimate of drug-likeness (QED) is 0.665. The van der Waals surface area contributed by atoms with E-state index < -0.39 is 24.1 Å². The number of amides is 1. The molecule has 0 aliphatic rings. The zero-order valence-electron chi connectivity index (χ0n) is 12.1. The maximum atomic E-state index is 13.9. The molecule has 4 nitrogen and oxygen atoms in total. The van der Waals surface area contributed by atoms with E-state index in [0.717, 1.165) is 0 Å². The first-order valence-corrected chi connectivity index (χ1v) is 6.67. The smallest absolute Gasteiger partial charge is 0.328 e. The summed E-state index contributed by atoms with van der Waals surface area (Å²) in [6.07, 6.45) is -1.77. The third-order valence-electron chi connectivity index (χ3n) is 2.54. The van der Waals surface area contributed by atoms with E-state index in [9.17, 15) is 14.0 Å². The highest BCUT2D eigenvalue weighted by Crippen LogP contribution is 2.05. The Labute approximate surface area is 123 Å². The van der Waals surface area contributed by atoms with Gasteiger partial charge in [-0.3, -0.25) is 4.79 Å². The second kappa shape index (κ2) is 8.75. The standard InChI is InChI=1S/C16H18FNO3/c1-3-21-16(20)15(18-12(2)19)11-14(17)10-9-13-7-5-4-6-8-13/h4-8,14-15H,3,11H2,1-2H3,(H,18,19)/t14-,15-/m0/s1. The van der Waals surface area contributed by atoms with Gasteiger partial charge in [-0.15, -0.1) is 0 Å². The van der Waals surface area contributed by atoms with Crippen molar-refractivity contribution in [2.24, 2.45) is 0 Å². The van der Waals surface area contributed by atoms with Crippen molar-refractivity contribution in [3.05, 3.63) is 35.9 Å². The molecule has 0 heterocycles. The monoisotopic (exact) mass is 291 g/mol. The fourth-order valence-corrected chi connectivity index (χ4v) is 1.65. The van der Waals surface area contributed by atoms with Crippen LogP contribution in [0.2, 0.25) is 0 Å². The van der Waals surface area contributed by atoms with Gasteiger partial charge in [-0.1, -0.05) is 30.0 Å². The molecule has 1 aromatic rings. The molecule has 0 aliphatic heterocycles. The van der Waals surface area contributed by atoms with E-state index in [0.29, 0.717) is 5.56 Å². The minimum atomic E-state index is -1.54. The molecule has 1 rings (SSSR count). The topological polar surface area (TPSA) is 55.4 Å². The summed E-state index contributed by atoms with van der Waals surface area (Å²) in [6, 6.07) is 7.94. The average molecular weight is 291 g/mol. The number of nitrogens with one attached hydrogen (secondary N) is 1. The molecule has 0 unspecified atom stereocenters. The molecule has 1 N–H and O–H groups in total. The molecule has 0 aromatic heterocycles. The molecule has 0 radical (unpaired) electrons. The number of carbonyl (C=O) groups is 2. The van der Waals surface area contributed by atoms with E-state index in [2.05, 4.69) is 17.2 Å². The number of alkyl halides is 1. The van der Waals surface area contributed by atoms with Crippen molar-refractivity contribution in [1.29, 1.82) is 0 Å². The van der Waals surface area contributed by atoms with Gasteiger partial charge in [0.2, 0.25) is 5.91 Å². The second-order valence-electron chi connectivity index (χ2n) is 4.34. The van der Waals surface area contributed by atoms with Gasteiger partial charge in [-0.2, -0.15) is 0 Å². The number of carbonyl (C=O) groups excluding carboxylic acids is 2. The third-order valence-corrected chi connectivity index (χ3v) is 2.54. The maximum absolute atomic E-state index is 13.9.